The molecule has 8 bridgehead atoms. The van der Waals surface area contributed by atoms with Crippen molar-refractivity contribution in [1.82, 2.24) is 0 Å². The third kappa shape index (κ3) is 0.879. The van der Waals surface area contributed by atoms with Crippen molar-refractivity contribution >= 4 is 0 Å². The fourth-order valence-electron chi connectivity index (χ4n) is 8.83. The maximum Gasteiger partial charge on any atom is -0.0258 e. The Labute approximate surface area is 112 Å². The molecule has 0 aliphatic heterocycles. The first kappa shape index (κ1) is 10.7. The van der Waals surface area contributed by atoms with Gasteiger partial charge in [-0.15, -0.1) is 0 Å². The molecule has 0 aromatic carbocycles. The number of rotatable bonds is 0. The highest BCUT2D eigenvalue weighted by molar-refractivity contribution is 5.24. The lowest BCUT2D eigenvalue weighted by Crippen LogP contribution is -2.74. The van der Waals surface area contributed by atoms with Crippen molar-refractivity contribution in [3.63, 3.8) is 0 Å². The second-order valence-electron chi connectivity index (χ2n) is 10.2. The zero-order chi connectivity index (χ0) is 12.6. The first-order valence-electron chi connectivity index (χ1n) is 8.28. The molecular weight excluding hydrogens is 216 g/mol. The molecule has 7 fully saturated rings. The van der Waals surface area contributed by atoms with E-state index in [1.54, 1.807) is 38.5 Å². The Hall–Kier alpha value is 0. The highest BCUT2D eigenvalue weighted by Gasteiger charge is 2.76. The quantitative estimate of drug-likeness (QED) is 0.569. The van der Waals surface area contributed by atoms with Crippen LogP contribution in [0, 0.1) is 45.3 Å². The summed E-state index contributed by atoms with van der Waals surface area (Å²) in [6, 6.07) is 0. The van der Waals surface area contributed by atoms with Crippen LogP contribution in [0.4, 0.5) is 0 Å². The largest absolute Gasteiger partial charge is 0.0596 e. The van der Waals surface area contributed by atoms with Gasteiger partial charge in [-0.3, -0.25) is 0 Å². The summed E-state index contributed by atoms with van der Waals surface area (Å²) in [7, 11) is 0. The Balaban J connectivity index is 1.76. The van der Waals surface area contributed by atoms with Crippen LogP contribution in [-0.2, 0) is 0 Å². The van der Waals surface area contributed by atoms with Crippen LogP contribution in [0.25, 0.3) is 0 Å². The van der Waals surface area contributed by atoms with Crippen LogP contribution in [0.5, 0.6) is 0 Å². The summed E-state index contributed by atoms with van der Waals surface area (Å²) < 4.78 is 0. The van der Waals surface area contributed by atoms with Gasteiger partial charge in [-0.05, 0) is 83.9 Å². The van der Waals surface area contributed by atoms with Crippen LogP contribution in [0.3, 0.4) is 0 Å². The van der Waals surface area contributed by atoms with Crippen LogP contribution in [-0.4, -0.2) is 0 Å². The molecule has 18 heavy (non-hydrogen) atoms. The van der Waals surface area contributed by atoms with Crippen LogP contribution >= 0.6 is 0 Å². The summed E-state index contributed by atoms with van der Waals surface area (Å²) in [5.74, 6) is 4.35. The van der Waals surface area contributed by atoms with E-state index in [4.69, 9.17) is 0 Å². The summed E-state index contributed by atoms with van der Waals surface area (Å²) in [5.41, 5.74) is 2.92. The van der Waals surface area contributed by atoms with Crippen molar-refractivity contribution in [2.45, 2.75) is 66.2 Å². The predicted octanol–water partition coefficient (Wildman–Crippen LogP) is 4.89. The lowest BCUT2D eigenvalue weighted by Gasteiger charge is -2.81. The van der Waals surface area contributed by atoms with E-state index >= 15 is 0 Å². The van der Waals surface area contributed by atoms with Gasteiger partial charge in [0, 0.05) is 0 Å². The molecule has 4 atom stereocenters. The zero-order valence-corrected chi connectivity index (χ0v) is 12.6. The molecule has 0 aromatic heterocycles. The fraction of sp³-hybridized carbons (Fsp3) is 1.00. The van der Waals surface area contributed by atoms with Gasteiger partial charge in [-0.25, -0.2) is 0 Å². The molecule has 7 rings (SSSR count). The van der Waals surface area contributed by atoms with E-state index in [9.17, 15) is 0 Å². The topological polar surface area (TPSA) is 0 Å². The van der Waals surface area contributed by atoms with Gasteiger partial charge < -0.3 is 0 Å². The molecule has 0 N–H and O–H groups in total. The van der Waals surface area contributed by atoms with Gasteiger partial charge in [0.25, 0.3) is 0 Å². The Morgan fingerprint density at radius 1 is 0.556 bits per heavy atom. The maximum absolute atomic E-state index is 2.70. The lowest BCUT2D eigenvalue weighted by atomic mass is 9.23. The first-order valence-corrected chi connectivity index (χ1v) is 8.28. The maximum atomic E-state index is 2.70. The van der Waals surface area contributed by atoms with Crippen molar-refractivity contribution < 1.29 is 0 Å². The van der Waals surface area contributed by atoms with Crippen LogP contribution < -0.4 is 0 Å². The second kappa shape index (κ2) is 2.47. The van der Waals surface area contributed by atoms with Gasteiger partial charge in [0.2, 0.25) is 0 Å². The third-order valence-electron chi connectivity index (χ3n) is 8.83. The van der Waals surface area contributed by atoms with E-state index in [1.165, 1.54) is 0 Å². The first-order chi connectivity index (χ1) is 8.28. The van der Waals surface area contributed by atoms with Crippen molar-refractivity contribution in [3.8, 4) is 0 Å². The number of hydrogen-bond donors (Lipinski definition) is 0. The predicted molar refractivity (Wildman–Crippen MR) is 74.1 cm³/mol. The van der Waals surface area contributed by atoms with Gasteiger partial charge in [0.1, 0.15) is 0 Å². The van der Waals surface area contributed by atoms with Crippen molar-refractivity contribution in [2.24, 2.45) is 45.3 Å². The molecule has 7 aliphatic carbocycles. The van der Waals surface area contributed by atoms with E-state index in [-0.39, 0.29) is 0 Å². The molecule has 0 aromatic rings. The SMILES string of the molecule is CC12CC3C4CC5(C)CC(C(C1)C3(C)C5)C4(C)C2. The van der Waals surface area contributed by atoms with Crippen molar-refractivity contribution in [2.75, 3.05) is 0 Å². The van der Waals surface area contributed by atoms with Gasteiger partial charge in [-0.2, -0.15) is 0 Å². The molecule has 4 unspecified atom stereocenters. The summed E-state index contributed by atoms with van der Waals surface area (Å²) in [6.07, 6.45) is 9.42. The minimum atomic E-state index is 0.724. The molecule has 0 heterocycles. The van der Waals surface area contributed by atoms with Crippen molar-refractivity contribution in [3.05, 3.63) is 0 Å². The molecule has 7 saturated carbocycles. The van der Waals surface area contributed by atoms with Crippen LogP contribution in [0.15, 0.2) is 0 Å². The molecule has 0 radical (unpaired) electrons. The molecule has 0 heteroatoms. The normalized spacial score (nSPS) is 75.3. The van der Waals surface area contributed by atoms with E-state index in [1.807, 2.05) is 0 Å². The van der Waals surface area contributed by atoms with Crippen LogP contribution in [0.1, 0.15) is 66.2 Å². The summed E-state index contributed by atoms with van der Waals surface area (Å²) in [4.78, 5) is 0. The highest BCUT2D eigenvalue weighted by atomic mass is 14.8. The Morgan fingerprint density at radius 3 is 1.11 bits per heavy atom. The van der Waals surface area contributed by atoms with E-state index in [0.29, 0.717) is 0 Å². The van der Waals surface area contributed by atoms with Crippen LogP contribution in [0.2, 0.25) is 0 Å². The van der Waals surface area contributed by atoms with Gasteiger partial charge in [-0.1, -0.05) is 27.7 Å². The zero-order valence-electron chi connectivity index (χ0n) is 12.6. The Morgan fingerprint density at radius 2 is 0.833 bits per heavy atom. The molecule has 7 aliphatic rings. The number of hydrogen-bond acceptors (Lipinski definition) is 0. The molecule has 100 valence electrons. The third-order valence-corrected chi connectivity index (χ3v) is 8.83. The lowest BCUT2D eigenvalue weighted by molar-refractivity contribution is -0.324. The average molecular weight is 244 g/mol. The monoisotopic (exact) mass is 244 g/mol. The standard InChI is InChI=1S/C18H28/c1-15-5-11-13-7-16(2)8-14(17(13,3)9-15)12(6-15)18(11,4)10-16/h11-14H,5-10H2,1-4H3. The highest BCUT2D eigenvalue weighted by Crippen LogP contribution is 2.83. The van der Waals surface area contributed by atoms with Gasteiger partial charge in [0.15, 0.2) is 0 Å². The smallest absolute Gasteiger partial charge is 0.0258 e. The molecule has 0 spiro atoms. The molecule has 0 nitrogen and oxygen atoms in total. The summed E-state index contributed by atoms with van der Waals surface area (Å²) in [6.45, 7) is 10.6. The van der Waals surface area contributed by atoms with Gasteiger partial charge >= 0.3 is 0 Å². The second-order valence-corrected chi connectivity index (χ2v) is 10.2. The molecule has 0 saturated heterocycles. The summed E-state index contributed by atoms with van der Waals surface area (Å²) in [5, 5.41) is 0. The fourth-order valence-corrected chi connectivity index (χ4v) is 8.83. The Kier molecular flexibility index (Phi) is 1.47. The van der Waals surface area contributed by atoms with Crippen molar-refractivity contribution in [1.29, 1.82) is 0 Å². The van der Waals surface area contributed by atoms with E-state index in [2.05, 4.69) is 27.7 Å². The molecule has 0 amide bonds. The molecular formula is C18H28. The average Bonchev–Trinajstić information content (AvgIpc) is 2.23. The minimum Gasteiger partial charge on any atom is -0.0596 e. The van der Waals surface area contributed by atoms with Gasteiger partial charge in [0.05, 0.1) is 0 Å². The Bertz CT molecular complexity index is 379. The van der Waals surface area contributed by atoms with E-state index in [0.717, 1.165) is 45.3 Å². The summed E-state index contributed by atoms with van der Waals surface area (Å²) >= 11 is 0. The van der Waals surface area contributed by atoms with E-state index < -0.39 is 0 Å². The minimum absolute atomic E-state index is 0.724.